The molecule has 0 amide bonds. The molecule has 2 unspecified atom stereocenters. The largest absolute Gasteiger partial charge is 1.00 e. The van der Waals surface area contributed by atoms with Gasteiger partial charge in [-0.2, -0.15) is 0 Å². The summed E-state index contributed by atoms with van der Waals surface area (Å²) in [5.74, 6) is 0. The molecule has 6 heteroatoms. The molecule has 0 spiro atoms. The third kappa shape index (κ3) is 23.5. The van der Waals surface area contributed by atoms with Crippen LogP contribution in [0.5, 0.6) is 0 Å². The van der Waals surface area contributed by atoms with E-state index in [2.05, 4.69) is 6.92 Å². The van der Waals surface area contributed by atoms with Crippen LogP contribution in [-0.2, 0) is 10.1 Å². The Kier molecular flexibility index (Phi) is 25.4. The minimum Gasteiger partial charge on any atom is -0.748 e. The van der Waals surface area contributed by atoms with E-state index in [0.29, 0.717) is 12.8 Å². The van der Waals surface area contributed by atoms with E-state index in [1.807, 2.05) is 0 Å². The van der Waals surface area contributed by atoms with Crippen molar-refractivity contribution < 1.29 is 47.6 Å². The topological polar surface area (TPSA) is 77.4 Å². The van der Waals surface area contributed by atoms with E-state index in [0.717, 1.165) is 57.8 Å². The van der Waals surface area contributed by atoms with Crippen molar-refractivity contribution in [2.75, 3.05) is 0 Å². The van der Waals surface area contributed by atoms with Gasteiger partial charge in [0.25, 0.3) is 0 Å². The maximum Gasteiger partial charge on any atom is 1.00 e. The van der Waals surface area contributed by atoms with Gasteiger partial charge in [-0.15, -0.1) is 0 Å². The van der Waals surface area contributed by atoms with Crippen molar-refractivity contribution in [3.05, 3.63) is 0 Å². The predicted molar refractivity (Wildman–Crippen MR) is 123 cm³/mol. The van der Waals surface area contributed by atoms with Crippen molar-refractivity contribution in [1.29, 1.82) is 0 Å². The van der Waals surface area contributed by atoms with E-state index in [9.17, 15) is 18.1 Å². The third-order valence-electron chi connectivity index (χ3n) is 5.94. The number of hydrogen-bond donors (Lipinski definition) is 1. The first-order valence-electron chi connectivity index (χ1n) is 12.5. The zero-order chi connectivity index (χ0) is 21.8. The van der Waals surface area contributed by atoms with Gasteiger partial charge in [-0.3, -0.25) is 0 Å². The molecule has 0 heterocycles. The molecule has 1 N–H and O–H groups in total. The first kappa shape index (κ1) is 33.0. The van der Waals surface area contributed by atoms with Gasteiger partial charge in [0.15, 0.2) is 0 Å². The maximum absolute atomic E-state index is 11.5. The van der Waals surface area contributed by atoms with Gasteiger partial charge in [-0.25, -0.2) is 8.42 Å². The van der Waals surface area contributed by atoms with Crippen LogP contribution < -0.4 is 29.6 Å². The molecule has 0 bridgehead atoms. The first-order chi connectivity index (χ1) is 13.9. The van der Waals surface area contributed by atoms with Crippen LogP contribution in [0.15, 0.2) is 0 Å². The van der Waals surface area contributed by atoms with Crippen molar-refractivity contribution in [2.24, 2.45) is 0 Å². The number of hydrogen-bond acceptors (Lipinski definition) is 4. The van der Waals surface area contributed by atoms with Crippen LogP contribution in [-0.4, -0.2) is 29.4 Å². The number of rotatable bonds is 22. The summed E-state index contributed by atoms with van der Waals surface area (Å²) in [7, 11) is -4.17. The molecule has 0 aliphatic heterocycles. The second kappa shape index (κ2) is 23.0. The number of unbranched alkanes of at least 4 members (excludes halogenated alkanes) is 15. The van der Waals surface area contributed by atoms with Crippen LogP contribution in [0.25, 0.3) is 0 Å². The third-order valence-corrected chi connectivity index (χ3v) is 7.22. The Hall–Kier alpha value is 0.870. The minimum absolute atomic E-state index is 0. The zero-order valence-electron chi connectivity index (χ0n) is 20.4. The summed E-state index contributed by atoms with van der Waals surface area (Å²) in [6.07, 6.45) is 21.6. The quantitative estimate of drug-likeness (QED) is 0.151. The average molecular weight is 457 g/mol. The van der Waals surface area contributed by atoms with Crippen LogP contribution in [0.3, 0.4) is 0 Å². The Labute approximate surface area is 210 Å². The molecule has 0 rings (SSSR count). The number of aliphatic hydroxyl groups excluding tert-OH is 1. The molecule has 0 aromatic rings. The second-order valence-corrected chi connectivity index (χ2v) is 10.6. The van der Waals surface area contributed by atoms with Crippen molar-refractivity contribution in [2.45, 2.75) is 154 Å². The summed E-state index contributed by atoms with van der Waals surface area (Å²) < 4.78 is 34.6. The van der Waals surface area contributed by atoms with Gasteiger partial charge in [-0.05, 0) is 26.2 Å². The summed E-state index contributed by atoms with van der Waals surface area (Å²) in [5.41, 5.74) is 0. The van der Waals surface area contributed by atoms with E-state index in [-0.39, 0.29) is 35.7 Å². The molecule has 176 valence electrons. The Morgan fingerprint density at radius 3 is 1.23 bits per heavy atom. The molecule has 0 aromatic heterocycles. The Balaban J connectivity index is 0. The van der Waals surface area contributed by atoms with E-state index in [1.165, 1.54) is 57.8 Å². The fourth-order valence-corrected chi connectivity index (χ4v) is 4.90. The van der Waals surface area contributed by atoms with Gasteiger partial charge in [0.1, 0.15) is 0 Å². The molecule has 0 aromatic carbocycles. The summed E-state index contributed by atoms with van der Waals surface area (Å²) in [5, 5.41) is 8.54. The van der Waals surface area contributed by atoms with Gasteiger partial charge in [0.2, 0.25) is 0 Å². The second-order valence-electron chi connectivity index (χ2n) is 8.99. The summed E-state index contributed by atoms with van der Waals surface area (Å²) in [6.45, 7) is 4.05. The molecule has 0 saturated heterocycles. The molecule has 30 heavy (non-hydrogen) atoms. The molecule has 0 aliphatic rings. The fraction of sp³-hybridized carbons (Fsp3) is 1.00. The van der Waals surface area contributed by atoms with Crippen LogP contribution >= 0.6 is 0 Å². The van der Waals surface area contributed by atoms with Crippen molar-refractivity contribution in [3.8, 4) is 0 Å². The molecule has 2 atom stereocenters. The van der Waals surface area contributed by atoms with E-state index in [1.54, 1.807) is 6.92 Å². The van der Waals surface area contributed by atoms with Crippen molar-refractivity contribution in [1.82, 2.24) is 0 Å². The molecule has 0 radical (unpaired) electrons. The Bertz CT molecular complexity index is 440. The summed E-state index contributed by atoms with van der Waals surface area (Å²) in [4.78, 5) is 0. The van der Waals surface area contributed by atoms with Gasteiger partial charge in [0, 0.05) is 5.25 Å². The summed E-state index contributed by atoms with van der Waals surface area (Å²) >= 11 is 0. The predicted octanol–water partition coefficient (Wildman–Crippen LogP) is 4.11. The molecule has 4 nitrogen and oxygen atoms in total. The van der Waals surface area contributed by atoms with Crippen LogP contribution in [0.1, 0.15) is 142 Å². The number of aliphatic hydroxyl groups is 1. The summed E-state index contributed by atoms with van der Waals surface area (Å²) in [6, 6.07) is 0. The van der Waals surface area contributed by atoms with Gasteiger partial charge in [0.05, 0.1) is 16.2 Å². The zero-order valence-corrected chi connectivity index (χ0v) is 23.2. The normalized spacial score (nSPS) is 13.7. The monoisotopic (exact) mass is 456 g/mol. The fourth-order valence-electron chi connectivity index (χ4n) is 3.99. The molecular weight excluding hydrogens is 407 g/mol. The van der Waals surface area contributed by atoms with Crippen LogP contribution in [0.4, 0.5) is 0 Å². The van der Waals surface area contributed by atoms with E-state index >= 15 is 0 Å². The molecule has 0 saturated carbocycles. The standard InChI is InChI=1S/C24H50O4S.Na/c1-3-4-5-6-7-8-9-10-11-12-15-18-21-24(29(26,27)28)22-19-16-13-14-17-20-23(2)25;/h23-25H,3-22H2,1-2H3,(H,26,27,28);/q;+1/p-1. The molecular formula is C24H49NaO4S. The minimum atomic E-state index is -4.17. The van der Waals surface area contributed by atoms with Crippen LogP contribution in [0.2, 0.25) is 0 Å². The molecule has 0 fully saturated rings. The van der Waals surface area contributed by atoms with Crippen LogP contribution in [0, 0.1) is 0 Å². The Morgan fingerprint density at radius 1 is 0.633 bits per heavy atom. The van der Waals surface area contributed by atoms with E-state index in [4.69, 9.17) is 0 Å². The van der Waals surface area contributed by atoms with Gasteiger partial charge in [-0.1, -0.05) is 116 Å². The first-order valence-corrected chi connectivity index (χ1v) is 14.0. The van der Waals surface area contributed by atoms with Gasteiger partial charge < -0.3 is 9.66 Å². The smallest absolute Gasteiger partial charge is 0.748 e. The maximum atomic E-state index is 11.5. The average Bonchev–Trinajstić information content (AvgIpc) is 2.65. The Morgan fingerprint density at radius 2 is 0.933 bits per heavy atom. The van der Waals surface area contributed by atoms with E-state index < -0.39 is 15.4 Å². The van der Waals surface area contributed by atoms with Gasteiger partial charge >= 0.3 is 29.6 Å². The van der Waals surface area contributed by atoms with Crippen molar-refractivity contribution in [3.63, 3.8) is 0 Å². The SMILES string of the molecule is CCCCCCCCCCCCCCC(CCCCCCCC(C)O)S(=O)(=O)[O-].[Na+]. The molecule has 0 aliphatic carbocycles. The van der Waals surface area contributed by atoms with Crippen molar-refractivity contribution >= 4 is 10.1 Å².